The summed E-state index contributed by atoms with van der Waals surface area (Å²) in [5.41, 5.74) is 1.83. The van der Waals surface area contributed by atoms with Crippen molar-refractivity contribution < 1.29 is 4.74 Å². The topological polar surface area (TPSA) is 59.4 Å². The van der Waals surface area contributed by atoms with E-state index in [1.165, 1.54) is 0 Å². The van der Waals surface area contributed by atoms with Crippen molar-refractivity contribution in [2.24, 2.45) is 0 Å². The van der Waals surface area contributed by atoms with Gasteiger partial charge in [0.2, 0.25) is 0 Å². The summed E-state index contributed by atoms with van der Waals surface area (Å²) in [6.45, 7) is 0. The summed E-state index contributed by atoms with van der Waals surface area (Å²) in [6.07, 6.45) is 3.44. The molecule has 0 aliphatic heterocycles. The van der Waals surface area contributed by atoms with E-state index in [4.69, 9.17) is 4.74 Å². The number of aromatic amines is 1. The lowest BCUT2D eigenvalue weighted by molar-refractivity contribution is 0.413. The van der Waals surface area contributed by atoms with Crippen LogP contribution in [0.4, 0.5) is 0 Å². The molecule has 0 aromatic carbocycles. The van der Waals surface area contributed by atoms with Crippen LogP contribution in [-0.2, 0) is 0 Å². The maximum Gasteiger partial charge on any atom is 0.272 e. The van der Waals surface area contributed by atoms with E-state index in [2.05, 4.69) is 9.97 Å². The van der Waals surface area contributed by atoms with Crippen LogP contribution in [0.2, 0.25) is 0 Å². The van der Waals surface area contributed by atoms with Crippen LogP contribution in [0.25, 0.3) is 16.7 Å². The molecule has 0 radical (unpaired) electrons. The molecule has 0 saturated heterocycles. The van der Waals surface area contributed by atoms with Crippen LogP contribution in [0, 0.1) is 0 Å². The molecule has 3 aromatic rings. The van der Waals surface area contributed by atoms with Gasteiger partial charge in [0.15, 0.2) is 5.65 Å². The average molecular weight is 215 g/mol. The number of ether oxygens (including phenoxy) is 1. The minimum absolute atomic E-state index is 0.132. The van der Waals surface area contributed by atoms with Crippen molar-refractivity contribution in [1.82, 2.24) is 14.4 Å². The average Bonchev–Trinajstić information content (AvgIpc) is 2.78. The Kier molecular flexibility index (Phi) is 1.73. The van der Waals surface area contributed by atoms with Crippen molar-refractivity contribution in [3.8, 4) is 5.75 Å². The molecule has 0 bridgehead atoms. The van der Waals surface area contributed by atoms with Gasteiger partial charge in [-0.05, 0) is 12.1 Å². The van der Waals surface area contributed by atoms with E-state index < -0.39 is 0 Å². The third kappa shape index (κ3) is 1.11. The van der Waals surface area contributed by atoms with Crippen LogP contribution in [0.1, 0.15) is 0 Å². The molecule has 80 valence electrons. The van der Waals surface area contributed by atoms with E-state index in [-0.39, 0.29) is 5.56 Å². The number of aromatic nitrogens is 3. The Bertz CT molecular complexity index is 727. The van der Waals surface area contributed by atoms with Gasteiger partial charge in [-0.2, -0.15) is 0 Å². The molecule has 0 unspecified atom stereocenters. The number of nitrogens with one attached hydrogen (secondary N) is 1. The van der Waals surface area contributed by atoms with Gasteiger partial charge in [0.25, 0.3) is 5.56 Å². The predicted octanol–water partition coefficient (Wildman–Crippen LogP) is 1.18. The summed E-state index contributed by atoms with van der Waals surface area (Å²) in [5, 5.41) is 0. The highest BCUT2D eigenvalue weighted by Crippen LogP contribution is 2.15. The lowest BCUT2D eigenvalue weighted by Crippen LogP contribution is -2.10. The largest absolute Gasteiger partial charge is 0.495 e. The summed E-state index contributed by atoms with van der Waals surface area (Å²) < 4.78 is 6.82. The number of nitrogens with zero attached hydrogens (tertiary/aromatic N) is 2. The first-order chi connectivity index (χ1) is 7.79. The third-order valence-electron chi connectivity index (χ3n) is 2.54. The monoisotopic (exact) mass is 215 g/mol. The number of pyridine rings is 1. The van der Waals surface area contributed by atoms with Gasteiger partial charge in [0, 0.05) is 12.3 Å². The molecule has 0 fully saturated rings. The van der Waals surface area contributed by atoms with Gasteiger partial charge < -0.3 is 9.72 Å². The van der Waals surface area contributed by atoms with E-state index in [1.807, 2.05) is 12.3 Å². The summed E-state index contributed by atoms with van der Waals surface area (Å²) in [4.78, 5) is 18.7. The lowest BCUT2D eigenvalue weighted by atomic mass is 10.4. The Hall–Kier alpha value is -2.30. The Morgan fingerprint density at radius 1 is 1.50 bits per heavy atom. The molecule has 0 saturated carbocycles. The summed E-state index contributed by atoms with van der Waals surface area (Å²) >= 11 is 0. The molecule has 3 heterocycles. The molecule has 0 aliphatic carbocycles. The van der Waals surface area contributed by atoms with Crippen molar-refractivity contribution in [3.63, 3.8) is 0 Å². The van der Waals surface area contributed by atoms with E-state index in [9.17, 15) is 4.79 Å². The molecule has 0 aliphatic rings. The van der Waals surface area contributed by atoms with Gasteiger partial charge in [-0.15, -0.1) is 0 Å². The molecule has 5 heteroatoms. The Morgan fingerprint density at radius 3 is 3.19 bits per heavy atom. The molecule has 0 atom stereocenters. The van der Waals surface area contributed by atoms with Crippen molar-refractivity contribution >= 4 is 16.7 Å². The van der Waals surface area contributed by atoms with Gasteiger partial charge >= 0.3 is 0 Å². The zero-order valence-corrected chi connectivity index (χ0v) is 8.60. The Morgan fingerprint density at radius 2 is 2.38 bits per heavy atom. The molecule has 3 rings (SSSR count). The number of fused-ring (bicyclic) bond motifs is 3. The summed E-state index contributed by atoms with van der Waals surface area (Å²) in [5.74, 6) is 0.620. The van der Waals surface area contributed by atoms with Crippen molar-refractivity contribution in [1.29, 1.82) is 0 Å². The van der Waals surface area contributed by atoms with Gasteiger partial charge in [-0.3, -0.25) is 9.20 Å². The second-order valence-corrected chi connectivity index (χ2v) is 3.46. The van der Waals surface area contributed by atoms with Gasteiger partial charge in [-0.25, -0.2) is 4.98 Å². The smallest absolute Gasteiger partial charge is 0.272 e. The van der Waals surface area contributed by atoms with E-state index in [0.29, 0.717) is 22.4 Å². The van der Waals surface area contributed by atoms with Crippen LogP contribution >= 0.6 is 0 Å². The summed E-state index contributed by atoms with van der Waals surface area (Å²) in [7, 11) is 1.56. The number of hydrogen-bond donors (Lipinski definition) is 1. The van der Waals surface area contributed by atoms with Crippen LogP contribution in [0.15, 0.2) is 35.4 Å². The quantitative estimate of drug-likeness (QED) is 0.663. The SMILES string of the molecule is COc1cnc2c(c1)[nH]c(=O)c1cccn12. The first kappa shape index (κ1) is 8.96. The second kappa shape index (κ2) is 3.10. The second-order valence-electron chi connectivity index (χ2n) is 3.46. The molecule has 3 aromatic heterocycles. The minimum atomic E-state index is -0.132. The van der Waals surface area contributed by atoms with E-state index in [0.717, 1.165) is 0 Å². The van der Waals surface area contributed by atoms with Crippen LogP contribution in [0.3, 0.4) is 0 Å². The molecule has 16 heavy (non-hydrogen) atoms. The van der Waals surface area contributed by atoms with Gasteiger partial charge in [0.05, 0.1) is 18.8 Å². The Labute approximate surface area is 90.3 Å². The van der Waals surface area contributed by atoms with Crippen LogP contribution in [-0.4, -0.2) is 21.5 Å². The van der Waals surface area contributed by atoms with Gasteiger partial charge in [0.1, 0.15) is 11.3 Å². The normalized spacial score (nSPS) is 11.1. The highest BCUT2D eigenvalue weighted by Gasteiger charge is 2.05. The zero-order valence-electron chi connectivity index (χ0n) is 8.60. The predicted molar refractivity (Wildman–Crippen MR) is 59.9 cm³/mol. The maximum absolute atomic E-state index is 11.7. The summed E-state index contributed by atoms with van der Waals surface area (Å²) in [6, 6.07) is 5.32. The standard InChI is InChI=1S/C11H9N3O2/c1-16-7-5-8-10(12-6-7)14-4-2-3-9(14)11(15)13-8/h2-6H,1H3,(H,13,15). The minimum Gasteiger partial charge on any atom is -0.495 e. The van der Waals surface area contributed by atoms with E-state index >= 15 is 0 Å². The third-order valence-corrected chi connectivity index (χ3v) is 2.54. The Balaban J connectivity index is 2.53. The number of methoxy groups -OCH3 is 1. The number of rotatable bonds is 1. The molecule has 0 amide bonds. The maximum atomic E-state index is 11.7. The van der Waals surface area contributed by atoms with Crippen LogP contribution in [0.5, 0.6) is 5.75 Å². The fourth-order valence-electron chi connectivity index (χ4n) is 1.77. The highest BCUT2D eigenvalue weighted by molar-refractivity contribution is 5.75. The number of H-pyrrole nitrogens is 1. The fourth-order valence-corrected chi connectivity index (χ4v) is 1.77. The fraction of sp³-hybridized carbons (Fsp3) is 0.0909. The highest BCUT2D eigenvalue weighted by atomic mass is 16.5. The first-order valence-corrected chi connectivity index (χ1v) is 4.83. The van der Waals surface area contributed by atoms with E-state index in [1.54, 1.807) is 29.8 Å². The van der Waals surface area contributed by atoms with Crippen LogP contribution < -0.4 is 10.3 Å². The van der Waals surface area contributed by atoms with Gasteiger partial charge in [-0.1, -0.05) is 0 Å². The van der Waals surface area contributed by atoms with Crippen molar-refractivity contribution in [3.05, 3.63) is 40.9 Å². The molecular formula is C11H9N3O2. The number of hydrogen-bond acceptors (Lipinski definition) is 3. The molecule has 1 N–H and O–H groups in total. The molecular weight excluding hydrogens is 206 g/mol. The first-order valence-electron chi connectivity index (χ1n) is 4.83. The molecule has 0 spiro atoms. The lowest BCUT2D eigenvalue weighted by Gasteiger charge is -2.03. The van der Waals surface area contributed by atoms with Crippen molar-refractivity contribution in [2.75, 3.05) is 7.11 Å². The zero-order chi connectivity index (χ0) is 11.1. The molecule has 5 nitrogen and oxygen atoms in total. The van der Waals surface area contributed by atoms with Crippen molar-refractivity contribution in [2.45, 2.75) is 0 Å².